The van der Waals surface area contributed by atoms with Crippen molar-refractivity contribution in [2.45, 2.75) is 0 Å². The smallest absolute Gasteiger partial charge is 0.292 e. The molecule has 0 rings (SSSR count). The van der Waals surface area contributed by atoms with Gasteiger partial charge in [0.2, 0.25) is 6.29 Å². The fourth-order valence-corrected chi connectivity index (χ4v) is 0.0340. The summed E-state index contributed by atoms with van der Waals surface area (Å²) < 4.78 is 0. The van der Waals surface area contributed by atoms with Gasteiger partial charge in [-0.2, -0.15) is 0 Å². The molecule has 0 aliphatic heterocycles. The number of hydrogen-bond acceptors (Lipinski definition) is 3. The number of nitrogens with one attached hydrogen (secondary N) is 1. The van der Waals surface area contributed by atoms with E-state index in [1.165, 1.54) is 0 Å². The van der Waals surface area contributed by atoms with Crippen molar-refractivity contribution in [2.24, 2.45) is 5.84 Å². The van der Waals surface area contributed by atoms with Crippen LogP contribution in [-0.2, 0) is 9.59 Å². The van der Waals surface area contributed by atoms with E-state index in [0.717, 1.165) is 0 Å². The molecule has 0 saturated carbocycles. The lowest BCUT2D eigenvalue weighted by Gasteiger charge is -1.79. The number of hydrazine groups is 1. The van der Waals surface area contributed by atoms with Crippen molar-refractivity contribution < 1.29 is 9.59 Å². The first-order valence-corrected chi connectivity index (χ1v) is 1.27. The van der Waals surface area contributed by atoms with E-state index in [0.29, 0.717) is 0 Å². The highest BCUT2D eigenvalue weighted by Gasteiger charge is 1.85. The van der Waals surface area contributed by atoms with Crippen LogP contribution in [0.3, 0.4) is 0 Å². The zero-order valence-electron chi connectivity index (χ0n) is 2.97. The zero-order valence-corrected chi connectivity index (χ0v) is 2.97. The first-order chi connectivity index (χ1) is 2.81. The average Bonchev–Trinajstić information content (AvgIpc) is 1.65. The van der Waals surface area contributed by atoms with E-state index < -0.39 is 5.91 Å². The molecule has 0 aliphatic rings. The monoisotopic (exact) mass is 88.0 g/mol. The highest BCUT2D eigenvalue weighted by molar-refractivity contribution is 6.23. The molecule has 34 valence electrons. The number of amides is 1. The average molecular weight is 88.1 g/mol. The van der Waals surface area contributed by atoms with Gasteiger partial charge in [-0.25, -0.2) is 5.84 Å². The van der Waals surface area contributed by atoms with Crippen LogP contribution in [-0.4, -0.2) is 12.2 Å². The van der Waals surface area contributed by atoms with Crippen LogP contribution in [0.15, 0.2) is 0 Å². The third-order valence-corrected chi connectivity index (χ3v) is 0.249. The van der Waals surface area contributed by atoms with Crippen molar-refractivity contribution in [3.63, 3.8) is 0 Å². The minimum absolute atomic E-state index is 0.0972. The van der Waals surface area contributed by atoms with Crippen molar-refractivity contribution in [1.29, 1.82) is 0 Å². The fraction of sp³-hybridized carbons (Fsp3) is 0. The topological polar surface area (TPSA) is 72.2 Å². The summed E-state index contributed by atoms with van der Waals surface area (Å²) in [4.78, 5) is 18.8. The number of nitrogens with two attached hydrogens (primary N) is 1. The van der Waals surface area contributed by atoms with Crippen LogP contribution in [0.4, 0.5) is 0 Å². The maximum atomic E-state index is 9.58. The molecule has 0 aromatic carbocycles. The van der Waals surface area contributed by atoms with Crippen LogP contribution in [0, 0.1) is 0 Å². The van der Waals surface area contributed by atoms with Crippen LogP contribution < -0.4 is 11.3 Å². The summed E-state index contributed by atoms with van der Waals surface area (Å²) in [7, 11) is 0. The Morgan fingerprint density at radius 1 is 1.83 bits per heavy atom. The minimum atomic E-state index is -0.810. The third kappa shape index (κ3) is 1.42. The molecule has 0 spiro atoms. The molecule has 4 nitrogen and oxygen atoms in total. The second kappa shape index (κ2) is 2.34. The Bertz CT molecular complexity index is 69.9. The van der Waals surface area contributed by atoms with Gasteiger partial charge in [-0.3, -0.25) is 15.0 Å². The highest BCUT2D eigenvalue weighted by atomic mass is 16.2. The predicted octanol–water partition coefficient (Wildman–Crippen LogP) is -1.82. The number of aldehydes is 1. The molecule has 0 atom stereocenters. The molecular formula is C2H4N2O2. The summed E-state index contributed by atoms with van der Waals surface area (Å²) in [5, 5.41) is 0. The Labute approximate surface area is 34.3 Å². The summed E-state index contributed by atoms with van der Waals surface area (Å²) in [6.45, 7) is 0. The standard InChI is InChI=1S/C2H4N2O2/c3-4-2(6)1-5/h1H,3H2,(H,4,6). The molecule has 0 unspecified atom stereocenters. The van der Waals surface area contributed by atoms with Gasteiger partial charge in [-0.05, 0) is 0 Å². The molecule has 6 heavy (non-hydrogen) atoms. The molecule has 4 heteroatoms. The molecule has 0 saturated heterocycles. The van der Waals surface area contributed by atoms with Crippen molar-refractivity contribution in [3.05, 3.63) is 0 Å². The molecule has 0 aliphatic carbocycles. The van der Waals surface area contributed by atoms with Crippen molar-refractivity contribution in [1.82, 2.24) is 5.43 Å². The molecule has 0 aromatic heterocycles. The van der Waals surface area contributed by atoms with Crippen molar-refractivity contribution >= 4 is 12.2 Å². The zero-order chi connectivity index (χ0) is 4.99. The van der Waals surface area contributed by atoms with E-state index in [9.17, 15) is 9.59 Å². The van der Waals surface area contributed by atoms with Gasteiger partial charge in [0, 0.05) is 0 Å². The molecule has 0 aromatic rings. The molecule has 0 fully saturated rings. The van der Waals surface area contributed by atoms with E-state index in [1.54, 1.807) is 5.43 Å². The summed E-state index contributed by atoms with van der Waals surface area (Å²) in [6.07, 6.45) is 0.0972. The van der Waals surface area contributed by atoms with Crippen LogP contribution in [0.5, 0.6) is 0 Å². The lowest BCUT2D eigenvalue weighted by Crippen LogP contribution is -2.30. The highest BCUT2D eigenvalue weighted by Crippen LogP contribution is 1.39. The Balaban J connectivity index is 3.23. The van der Waals surface area contributed by atoms with E-state index >= 15 is 0 Å². The lowest BCUT2D eigenvalue weighted by molar-refractivity contribution is -0.131. The van der Waals surface area contributed by atoms with Gasteiger partial charge in [0.05, 0.1) is 0 Å². The van der Waals surface area contributed by atoms with Crippen LogP contribution in [0.2, 0.25) is 0 Å². The van der Waals surface area contributed by atoms with E-state index in [4.69, 9.17) is 0 Å². The molecule has 1 amide bonds. The lowest BCUT2D eigenvalue weighted by atomic mass is 10.7. The largest absolute Gasteiger partial charge is 0.297 e. The van der Waals surface area contributed by atoms with Gasteiger partial charge in [0.25, 0.3) is 5.91 Å². The SMILES string of the molecule is NNC(=O)C=O. The van der Waals surface area contributed by atoms with Gasteiger partial charge < -0.3 is 0 Å². The Kier molecular flexibility index (Phi) is 1.99. The third-order valence-electron chi connectivity index (χ3n) is 0.249. The number of carbonyl (C=O) groups excluding carboxylic acids is 2. The van der Waals surface area contributed by atoms with Crippen LogP contribution in [0.25, 0.3) is 0 Å². The van der Waals surface area contributed by atoms with Gasteiger partial charge >= 0.3 is 0 Å². The Morgan fingerprint density at radius 2 is 2.33 bits per heavy atom. The second-order valence-corrected chi connectivity index (χ2v) is 0.626. The van der Waals surface area contributed by atoms with Gasteiger partial charge in [0.1, 0.15) is 0 Å². The Morgan fingerprint density at radius 3 is 2.33 bits per heavy atom. The fourth-order valence-electron chi connectivity index (χ4n) is 0.0340. The summed E-state index contributed by atoms with van der Waals surface area (Å²) in [6, 6.07) is 0. The Hall–Kier alpha value is -0.900. The van der Waals surface area contributed by atoms with Gasteiger partial charge in [-0.1, -0.05) is 0 Å². The first kappa shape index (κ1) is 5.10. The normalized spacial score (nSPS) is 6.83. The number of rotatable bonds is 1. The molecule has 0 heterocycles. The van der Waals surface area contributed by atoms with Crippen molar-refractivity contribution in [3.8, 4) is 0 Å². The molecule has 0 bridgehead atoms. The first-order valence-electron chi connectivity index (χ1n) is 1.27. The van der Waals surface area contributed by atoms with Crippen LogP contribution >= 0.6 is 0 Å². The van der Waals surface area contributed by atoms with E-state index in [1.807, 2.05) is 0 Å². The number of hydrogen-bond donors (Lipinski definition) is 2. The van der Waals surface area contributed by atoms with Gasteiger partial charge in [0.15, 0.2) is 0 Å². The van der Waals surface area contributed by atoms with E-state index in [-0.39, 0.29) is 6.29 Å². The summed E-state index contributed by atoms with van der Waals surface area (Å²) in [5.74, 6) is 3.64. The summed E-state index contributed by atoms with van der Waals surface area (Å²) in [5.41, 5.74) is 1.61. The minimum Gasteiger partial charge on any atom is -0.292 e. The molecular weight excluding hydrogens is 84.0 g/mol. The molecule has 3 N–H and O–H groups in total. The summed E-state index contributed by atoms with van der Waals surface area (Å²) >= 11 is 0. The second-order valence-electron chi connectivity index (χ2n) is 0.626. The quantitative estimate of drug-likeness (QED) is 0.130. The molecule has 0 radical (unpaired) electrons. The number of carbonyl (C=O) groups is 2. The van der Waals surface area contributed by atoms with Crippen LogP contribution in [0.1, 0.15) is 0 Å². The van der Waals surface area contributed by atoms with E-state index in [2.05, 4.69) is 5.84 Å². The maximum Gasteiger partial charge on any atom is 0.297 e. The predicted molar refractivity (Wildman–Crippen MR) is 18.4 cm³/mol. The van der Waals surface area contributed by atoms with Crippen molar-refractivity contribution in [2.75, 3.05) is 0 Å². The maximum absolute atomic E-state index is 9.58. The van der Waals surface area contributed by atoms with Gasteiger partial charge in [-0.15, -0.1) is 0 Å².